The number of carbonyl (C=O) groups is 1. The molecule has 5 rings (SSSR count). The maximum absolute atomic E-state index is 13.5. The number of aromatic nitrogens is 2. The Morgan fingerprint density at radius 3 is 2.24 bits per heavy atom. The van der Waals surface area contributed by atoms with Gasteiger partial charge >= 0.3 is 0 Å². The van der Waals surface area contributed by atoms with Crippen LogP contribution in [0.2, 0.25) is 0 Å². The Morgan fingerprint density at radius 2 is 1.61 bits per heavy atom. The molecule has 38 heavy (non-hydrogen) atoms. The number of ketones is 1. The smallest absolute Gasteiger partial charge is 0.184 e. The molecule has 2 N–H and O–H groups in total. The highest BCUT2D eigenvalue weighted by Crippen LogP contribution is 2.37. The predicted octanol–water partition coefficient (Wildman–Crippen LogP) is 4.00. The number of ether oxygens (including phenoxy) is 2. The lowest BCUT2D eigenvalue weighted by Gasteiger charge is -2.14. The number of anilines is 2. The number of carbonyl (C=O) groups excluding carboxylic acids is 1. The van der Waals surface area contributed by atoms with Gasteiger partial charge in [-0.1, -0.05) is 24.3 Å². The normalized spacial score (nSPS) is 14.2. The third kappa shape index (κ3) is 5.46. The topological polar surface area (TPSA) is 128 Å². The van der Waals surface area contributed by atoms with Crippen LogP contribution < -0.4 is 14.8 Å². The van der Waals surface area contributed by atoms with Gasteiger partial charge in [-0.15, -0.1) is 0 Å². The standard InChI is InChI=1S/C28H27N3O6S/c1-36-20-14-19(15-21(16-20)37-2)29-27-25(30-23-8-3-4-9-24(23)31-27)17-38(34,35)22-7-5-6-18(12-22)13-26(32)28(33)10-11-28/h3-9,12,14-16,33H,10-11,13,17H2,1-2H3,(H,29,31). The summed E-state index contributed by atoms with van der Waals surface area (Å²) in [4.78, 5) is 21.7. The molecule has 1 aromatic heterocycles. The number of rotatable bonds is 10. The number of benzene rings is 3. The zero-order valence-electron chi connectivity index (χ0n) is 21.0. The van der Waals surface area contributed by atoms with Crippen molar-refractivity contribution in [2.45, 2.75) is 35.5 Å². The minimum atomic E-state index is -3.87. The number of hydrogen-bond acceptors (Lipinski definition) is 9. The van der Waals surface area contributed by atoms with Crippen LogP contribution in [0, 0.1) is 0 Å². The molecule has 0 amide bonds. The average Bonchev–Trinajstić information content (AvgIpc) is 3.67. The van der Waals surface area contributed by atoms with E-state index in [0.29, 0.717) is 46.6 Å². The highest BCUT2D eigenvalue weighted by molar-refractivity contribution is 7.90. The van der Waals surface area contributed by atoms with E-state index in [2.05, 4.69) is 15.3 Å². The largest absolute Gasteiger partial charge is 0.497 e. The van der Waals surface area contributed by atoms with Gasteiger partial charge in [0.05, 0.1) is 35.8 Å². The molecule has 1 fully saturated rings. The Balaban J connectivity index is 1.49. The fourth-order valence-electron chi connectivity index (χ4n) is 4.11. The van der Waals surface area contributed by atoms with Crippen molar-refractivity contribution in [3.8, 4) is 11.5 Å². The van der Waals surface area contributed by atoms with Crippen LogP contribution in [-0.4, -0.2) is 49.1 Å². The lowest BCUT2D eigenvalue weighted by Crippen LogP contribution is -2.23. The molecular formula is C28H27N3O6S. The zero-order valence-corrected chi connectivity index (χ0v) is 21.8. The second kappa shape index (κ2) is 10.0. The molecule has 3 aromatic carbocycles. The van der Waals surface area contributed by atoms with Crippen LogP contribution in [0.4, 0.5) is 11.5 Å². The SMILES string of the molecule is COc1cc(Nc2nc3ccccc3nc2CS(=O)(=O)c2cccc(CC(=O)C3(O)CC3)c2)cc(OC)c1. The van der Waals surface area contributed by atoms with Crippen molar-refractivity contribution in [1.82, 2.24) is 9.97 Å². The Kier molecular flexibility index (Phi) is 6.77. The van der Waals surface area contributed by atoms with Gasteiger partial charge in [0.15, 0.2) is 21.4 Å². The molecule has 0 atom stereocenters. The van der Waals surface area contributed by atoms with Crippen molar-refractivity contribution < 1.29 is 27.8 Å². The first-order chi connectivity index (χ1) is 18.2. The summed E-state index contributed by atoms with van der Waals surface area (Å²) in [6.07, 6.45) is 0.860. The van der Waals surface area contributed by atoms with Gasteiger partial charge in [-0.3, -0.25) is 4.79 Å². The first-order valence-electron chi connectivity index (χ1n) is 12.0. The van der Waals surface area contributed by atoms with Crippen molar-refractivity contribution >= 4 is 38.2 Å². The van der Waals surface area contributed by atoms with E-state index >= 15 is 0 Å². The fourth-order valence-corrected chi connectivity index (χ4v) is 5.46. The fraction of sp³-hybridized carbons (Fsp3) is 0.250. The molecular weight excluding hydrogens is 506 g/mol. The lowest BCUT2D eigenvalue weighted by atomic mass is 10.0. The highest BCUT2D eigenvalue weighted by Gasteiger charge is 2.47. The maximum Gasteiger partial charge on any atom is 0.184 e. The Labute approximate surface area is 220 Å². The van der Waals surface area contributed by atoms with Gasteiger partial charge in [0.1, 0.15) is 22.9 Å². The lowest BCUT2D eigenvalue weighted by molar-refractivity contribution is -0.128. The van der Waals surface area contributed by atoms with Crippen molar-refractivity contribution in [1.29, 1.82) is 0 Å². The minimum Gasteiger partial charge on any atom is -0.497 e. The molecule has 0 radical (unpaired) electrons. The van der Waals surface area contributed by atoms with E-state index in [4.69, 9.17) is 9.47 Å². The molecule has 0 spiro atoms. The highest BCUT2D eigenvalue weighted by atomic mass is 32.2. The van der Waals surface area contributed by atoms with Crippen molar-refractivity contribution in [3.63, 3.8) is 0 Å². The number of hydrogen-bond donors (Lipinski definition) is 2. The summed E-state index contributed by atoms with van der Waals surface area (Å²) >= 11 is 0. The molecule has 9 nitrogen and oxygen atoms in total. The van der Waals surface area contributed by atoms with Crippen LogP contribution in [0.3, 0.4) is 0 Å². The number of methoxy groups -OCH3 is 2. The summed E-state index contributed by atoms with van der Waals surface area (Å²) in [7, 11) is -0.785. The second-order valence-electron chi connectivity index (χ2n) is 9.27. The van der Waals surface area contributed by atoms with E-state index in [0.717, 1.165) is 0 Å². The number of nitrogens with one attached hydrogen (secondary N) is 1. The van der Waals surface area contributed by atoms with Crippen LogP contribution in [0.25, 0.3) is 11.0 Å². The average molecular weight is 534 g/mol. The summed E-state index contributed by atoms with van der Waals surface area (Å²) in [5, 5.41) is 13.3. The minimum absolute atomic E-state index is 0.0277. The van der Waals surface area contributed by atoms with Crippen LogP contribution in [0.1, 0.15) is 24.1 Å². The molecule has 1 aliphatic carbocycles. The Bertz CT molecular complexity index is 1610. The Morgan fingerprint density at radius 1 is 0.947 bits per heavy atom. The van der Waals surface area contributed by atoms with E-state index in [9.17, 15) is 18.3 Å². The van der Waals surface area contributed by atoms with Crippen LogP contribution >= 0.6 is 0 Å². The molecule has 0 aliphatic heterocycles. The molecule has 1 saturated carbocycles. The van der Waals surface area contributed by atoms with Crippen molar-refractivity contribution in [2.75, 3.05) is 19.5 Å². The molecule has 196 valence electrons. The van der Waals surface area contributed by atoms with E-state index in [1.54, 1.807) is 56.7 Å². The summed E-state index contributed by atoms with van der Waals surface area (Å²) in [5.74, 6) is 0.668. The summed E-state index contributed by atoms with van der Waals surface area (Å²) in [6, 6.07) is 18.7. The van der Waals surface area contributed by atoms with Gasteiger partial charge in [0.2, 0.25) is 0 Å². The third-order valence-corrected chi connectivity index (χ3v) is 8.07. The number of sulfone groups is 1. The Hall–Kier alpha value is -4.02. The maximum atomic E-state index is 13.5. The molecule has 1 heterocycles. The number of nitrogens with zero attached hydrogens (tertiary/aromatic N) is 2. The van der Waals surface area contributed by atoms with E-state index in [1.165, 1.54) is 12.1 Å². The predicted molar refractivity (Wildman–Crippen MR) is 143 cm³/mol. The first-order valence-corrected chi connectivity index (χ1v) is 13.7. The number of para-hydroxylation sites is 2. The van der Waals surface area contributed by atoms with Crippen LogP contribution in [-0.2, 0) is 26.8 Å². The quantitative estimate of drug-likeness (QED) is 0.311. The number of Topliss-reactive ketones (excluding diaryl/α,β-unsaturated/α-hetero) is 1. The van der Waals surface area contributed by atoms with Crippen LogP contribution in [0.5, 0.6) is 11.5 Å². The van der Waals surface area contributed by atoms with Gasteiger partial charge in [-0.2, -0.15) is 0 Å². The third-order valence-electron chi connectivity index (χ3n) is 6.45. The van der Waals surface area contributed by atoms with E-state index in [-0.39, 0.29) is 28.6 Å². The number of aliphatic hydroxyl groups is 1. The van der Waals surface area contributed by atoms with E-state index in [1.807, 2.05) is 12.1 Å². The zero-order chi connectivity index (χ0) is 26.9. The van der Waals surface area contributed by atoms with Gasteiger partial charge in [0, 0.05) is 30.3 Å². The molecule has 0 unspecified atom stereocenters. The summed E-state index contributed by atoms with van der Waals surface area (Å²) < 4.78 is 37.7. The molecule has 10 heteroatoms. The van der Waals surface area contributed by atoms with Crippen molar-refractivity contribution in [3.05, 3.63) is 78.0 Å². The van der Waals surface area contributed by atoms with E-state index < -0.39 is 21.2 Å². The van der Waals surface area contributed by atoms with Crippen molar-refractivity contribution in [2.24, 2.45) is 0 Å². The molecule has 0 saturated heterocycles. The van der Waals surface area contributed by atoms with Gasteiger partial charge in [-0.05, 0) is 42.7 Å². The molecule has 1 aliphatic rings. The monoisotopic (exact) mass is 533 g/mol. The molecule has 4 aromatic rings. The number of fused-ring (bicyclic) bond motifs is 1. The second-order valence-corrected chi connectivity index (χ2v) is 11.3. The summed E-state index contributed by atoms with van der Waals surface area (Å²) in [5.41, 5.74) is 1.25. The van der Waals surface area contributed by atoms with Crippen LogP contribution in [0.15, 0.2) is 71.6 Å². The van der Waals surface area contributed by atoms with Gasteiger partial charge in [0.25, 0.3) is 0 Å². The van der Waals surface area contributed by atoms with Gasteiger partial charge < -0.3 is 19.9 Å². The molecule has 0 bridgehead atoms. The first kappa shape index (κ1) is 25.6. The summed E-state index contributed by atoms with van der Waals surface area (Å²) in [6.45, 7) is 0. The van der Waals surface area contributed by atoms with Gasteiger partial charge in [-0.25, -0.2) is 18.4 Å².